The van der Waals surface area contributed by atoms with Crippen LogP contribution in [0.5, 0.6) is 0 Å². The summed E-state index contributed by atoms with van der Waals surface area (Å²) in [6.07, 6.45) is 3.55. The van der Waals surface area contributed by atoms with Gasteiger partial charge in [0.15, 0.2) is 0 Å². The molecule has 0 saturated carbocycles. The summed E-state index contributed by atoms with van der Waals surface area (Å²) >= 11 is 0. The number of benzene rings is 1. The van der Waals surface area contributed by atoms with Crippen LogP contribution in [-0.2, 0) is 16.9 Å². The van der Waals surface area contributed by atoms with E-state index in [2.05, 4.69) is 35.0 Å². The third kappa shape index (κ3) is 4.21. The van der Waals surface area contributed by atoms with Crippen molar-refractivity contribution in [3.8, 4) is 22.6 Å². The number of ether oxygens (including phenoxy) is 1. The minimum absolute atomic E-state index is 0.755. The Kier molecular flexibility index (Phi) is 5.60. The summed E-state index contributed by atoms with van der Waals surface area (Å²) in [5, 5.41) is 16.3. The van der Waals surface area contributed by atoms with E-state index in [1.165, 1.54) is 5.69 Å². The van der Waals surface area contributed by atoms with E-state index in [-0.39, 0.29) is 0 Å². The Labute approximate surface area is 193 Å². The molecule has 0 bridgehead atoms. The molecule has 5 rings (SSSR count). The van der Waals surface area contributed by atoms with Gasteiger partial charge in [0.25, 0.3) is 0 Å². The maximum absolute atomic E-state index is 10.3. The molecule has 0 radical (unpaired) electrons. The summed E-state index contributed by atoms with van der Waals surface area (Å²) < 4.78 is 7.54. The van der Waals surface area contributed by atoms with Gasteiger partial charge in [-0.3, -0.25) is 14.6 Å². The molecule has 1 aliphatic rings. The van der Waals surface area contributed by atoms with Gasteiger partial charge in [-0.1, -0.05) is 0 Å². The summed E-state index contributed by atoms with van der Waals surface area (Å²) in [6.45, 7) is 9.74. The second-order valence-corrected chi connectivity index (χ2v) is 8.89. The molecule has 1 fully saturated rings. The van der Waals surface area contributed by atoms with Crippen molar-refractivity contribution in [1.29, 1.82) is 0 Å². The van der Waals surface area contributed by atoms with E-state index in [4.69, 9.17) is 14.8 Å². The highest BCUT2D eigenvalue weighted by molar-refractivity contribution is 5.95. The van der Waals surface area contributed by atoms with Crippen molar-refractivity contribution in [3.63, 3.8) is 0 Å². The van der Waals surface area contributed by atoms with Crippen LogP contribution >= 0.6 is 0 Å². The van der Waals surface area contributed by atoms with Gasteiger partial charge in [0.1, 0.15) is 5.69 Å². The third-order valence-electron chi connectivity index (χ3n) is 6.18. The lowest BCUT2D eigenvalue weighted by molar-refractivity contribution is 0.0785. The van der Waals surface area contributed by atoms with Gasteiger partial charge in [-0.2, -0.15) is 5.10 Å². The zero-order valence-electron chi connectivity index (χ0n) is 19.3. The highest BCUT2D eigenvalue weighted by atomic mass is 16.5. The Morgan fingerprint density at radius 3 is 2.52 bits per heavy atom. The van der Waals surface area contributed by atoms with E-state index >= 15 is 0 Å². The number of fused-ring (bicyclic) bond motifs is 1. The Balaban J connectivity index is 1.52. The van der Waals surface area contributed by atoms with Crippen molar-refractivity contribution in [3.05, 3.63) is 60.4 Å². The number of rotatable bonds is 5. The Bertz CT molecular complexity index is 1270. The van der Waals surface area contributed by atoms with Crippen LogP contribution in [0.1, 0.15) is 26.3 Å². The van der Waals surface area contributed by atoms with E-state index < -0.39 is 5.60 Å². The quantitative estimate of drug-likeness (QED) is 0.497. The molecule has 0 amide bonds. The first-order chi connectivity index (χ1) is 15.9. The standard InChI is InChI=1S/C26H29N5O2/c1-4-31-24-8-6-20(30-11-13-33-14-12-30)16-21(24)25(29-31)22-7-5-18(17-28-22)23-15-19(9-10-27-23)26(2,3)32/h5-10,15-17,32H,4,11-14H2,1-3H3. The summed E-state index contributed by atoms with van der Waals surface area (Å²) in [5.41, 5.74) is 5.59. The fraction of sp³-hybridized carbons (Fsp3) is 0.346. The largest absolute Gasteiger partial charge is 0.386 e. The van der Waals surface area contributed by atoms with Crippen molar-refractivity contribution in [2.75, 3.05) is 31.2 Å². The summed E-state index contributed by atoms with van der Waals surface area (Å²) in [6, 6.07) is 14.3. The van der Waals surface area contributed by atoms with Gasteiger partial charge < -0.3 is 14.7 Å². The van der Waals surface area contributed by atoms with Gasteiger partial charge in [0.05, 0.1) is 35.7 Å². The summed E-state index contributed by atoms with van der Waals surface area (Å²) in [5.74, 6) is 0. The van der Waals surface area contributed by atoms with Crippen molar-refractivity contribution in [2.45, 2.75) is 32.9 Å². The number of hydrogen-bond donors (Lipinski definition) is 1. The summed E-state index contributed by atoms with van der Waals surface area (Å²) in [7, 11) is 0. The second kappa shape index (κ2) is 8.57. The van der Waals surface area contributed by atoms with Gasteiger partial charge in [-0.15, -0.1) is 0 Å². The van der Waals surface area contributed by atoms with Crippen LogP contribution in [0.25, 0.3) is 33.5 Å². The minimum Gasteiger partial charge on any atom is -0.386 e. The van der Waals surface area contributed by atoms with E-state index in [1.54, 1.807) is 20.0 Å². The molecule has 4 aromatic rings. The number of nitrogens with zero attached hydrogens (tertiary/aromatic N) is 5. The van der Waals surface area contributed by atoms with Gasteiger partial charge in [0.2, 0.25) is 0 Å². The maximum atomic E-state index is 10.3. The SMILES string of the molecule is CCn1nc(-c2ccc(-c3cc(C(C)(C)O)ccn3)cn2)c2cc(N3CCOCC3)ccc21. The second-order valence-electron chi connectivity index (χ2n) is 8.89. The number of pyridine rings is 2. The lowest BCUT2D eigenvalue weighted by Gasteiger charge is -2.28. The molecule has 0 atom stereocenters. The molecule has 7 nitrogen and oxygen atoms in total. The molecule has 1 aliphatic heterocycles. The van der Waals surface area contributed by atoms with E-state index in [1.807, 2.05) is 35.1 Å². The molecule has 3 aromatic heterocycles. The molecule has 170 valence electrons. The summed E-state index contributed by atoms with van der Waals surface area (Å²) in [4.78, 5) is 11.6. The normalized spacial score (nSPS) is 14.7. The highest BCUT2D eigenvalue weighted by Crippen LogP contribution is 2.32. The monoisotopic (exact) mass is 443 g/mol. The third-order valence-corrected chi connectivity index (χ3v) is 6.18. The fourth-order valence-electron chi connectivity index (χ4n) is 4.27. The van der Waals surface area contributed by atoms with Crippen LogP contribution in [0.15, 0.2) is 54.9 Å². The van der Waals surface area contributed by atoms with Crippen LogP contribution in [-0.4, -0.2) is 51.2 Å². The number of morpholine rings is 1. The first kappa shape index (κ1) is 21.6. The molecule has 4 heterocycles. The lowest BCUT2D eigenvalue weighted by atomic mass is 9.98. The molecule has 1 saturated heterocycles. The van der Waals surface area contributed by atoms with E-state index in [0.29, 0.717) is 0 Å². The minimum atomic E-state index is -0.921. The molecular formula is C26H29N5O2. The Hall–Kier alpha value is -3.29. The van der Waals surface area contributed by atoms with Gasteiger partial charge in [-0.05, 0) is 68.8 Å². The Morgan fingerprint density at radius 1 is 1.00 bits per heavy atom. The maximum Gasteiger partial charge on any atom is 0.119 e. The Morgan fingerprint density at radius 2 is 1.82 bits per heavy atom. The molecule has 1 N–H and O–H groups in total. The number of hydrogen-bond acceptors (Lipinski definition) is 6. The number of aliphatic hydroxyl groups is 1. The molecule has 0 unspecified atom stereocenters. The van der Waals surface area contributed by atoms with Crippen LogP contribution in [0.3, 0.4) is 0 Å². The molecule has 1 aromatic carbocycles. The van der Waals surface area contributed by atoms with Crippen molar-refractivity contribution >= 4 is 16.6 Å². The number of anilines is 1. The van der Waals surface area contributed by atoms with Crippen LogP contribution in [0, 0.1) is 0 Å². The van der Waals surface area contributed by atoms with Gasteiger partial charge >= 0.3 is 0 Å². The first-order valence-corrected chi connectivity index (χ1v) is 11.4. The molecular weight excluding hydrogens is 414 g/mol. The van der Waals surface area contributed by atoms with E-state index in [0.717, 1.165) is 72.0 Å². The van der Waals surface area contributed by atoms with E-state index in [9.17, 15) is 5.11 Å². The average Bonchev–Trinajstić information content (AvgIpc) is 3.22. The van der Waals surface area contributed by atoms with Crippen molar-refractivity contribution in [2.24, 2.45) is 0 Å². The van der Waals surface area contributed by atoms with Crippen LogP contribution < -0.4 is 4.90 Å². The highest BCUT2D eigenvalue weighted by Gasteiger charge is 2.19. The van der Waals surface area contributed by atoms with Crippen molar-refractivity contribution < 1.29 is 9.84 Å². The molecule has 0 spiro atoms. The first-order valence-electron chi connectivity index (χ1n) is 11.4. The predicted molar refractivity (Wildman–Crippen MR) is 130 cm³/mol. The van der Waals surface area contributed by atoms with Gasteiger partial charge in [0, 0.05) is 48.7 Å². The smallest absolute Gasteiger partial charge is 0.119 e. The van der Waals surface area contributed by atoms with Crippen molar-refractivity contribution in [1.82, 2.24) is 19.7 Å². The lowest BCUT2D eigenvalue weighted by Crippen LogP contribution is -2.36. The molecule has 0 aliphatic carbocycles. The van der Waals surface area contributed by atoms with Crippen LogP contribution in [0.2, 0.25) is 0 Å². The topological polar surface area (TPSA) is 76.3 Å². The number of aromatic nitrogens is 4. The number of aryl methyl sites for hydroxylation is 1. The van der Waals surface area contributed by atoms with Crippen LogP contribution in [0.4, 0.5) is 5.69 Å². The predicted octanol–water partition coefficient (Wildman–Crippen LogP) is 4.24. The molecule has 7 heteroatoms. The van der Waals surface area contributed by atoms with Gasteiger partial charge in [-0.25, -0.2) is 0 Å². The zero-order chi connectivity index (χ0) is 23.0. The fourth-order valence-corrected chi connectivity index (χ4v) is 4.27. The molecule has 33 heavy (non-hydrogen) atoms. The zero-order valence-corrected chi connectivity index (χ0v) is 19.3. The average molecular weight is 444 g/mol.